The number of halogens is 3. The zero-order valence-corrected chi connectivity index (χ0v) is 12.4. The first-order valence-corrected chi connectivity index (χ1v) is 7.59. The molecular weight excluding hydrogens is 337 g/mol. The number of rotatable bonds is 4. The van der Waals surface area contributed by atoms with Crippen LogP contribution in [0, 0.1) is 5.82 Å². The number of aryl methyl sites for hydroxylation is 1. The molecule has 0 unspecified atom stereocenters. The molecule has 0 bridgehead atoms. The molecule has 1 amide bonds. The third-order valence-electron chi connectivity index (χ3n) is 2.87. The minimum absolute atomic E-state index is 0.0435. The largest absolute Gasteiger partial charge is 0.343 e. The van der Waals surface area contributed by atoms with Crippen LogP contribution in [-0.2, 0) is 17.1 Å². The first kappa shape index (κ1) is 17.0. The number of amides is 1. The molecule has 3 N–H and O–H groups in total. The van der Waals surface area contributed by atoms with Crippen LogP contribution in [0.3, 0.4) is 0 Å². The molecule has 0 saturated carbocycles. The van der Waals surface area contributed by atoms with Crippen molar-refractivity contribution < 1.29 is 26.4 Å². The summed E-state index contributed by atoms with van der Waals surface area (Å²) >= 11 is 0. The molecule has 2 heterocycles. The standard InChI is InChI=1S/C12H11F3N4O3S/c1-19-5-8(23(16,21)22)9(13)10(19)12(20)18-6-2-3-17-7(4-6)11(14)15/h2-5,11H,1H3,(H2,16,21,22)(H,17,18,20). The molecule has 0 spiro atoms. The zero-order chi connectivity index (χ0) is 17.4. The van der Waals surface area contributed by atoms with E-state index in [0.29, 0.717) is 0 Å². The van der Waals surface area contributed by atoms with Crippen molar-refractivity contribution in [1.82, 2.24) is 9.55 Å². The monoisotopic (exact) mass is 348 g/mol. The van der Waals surface area contributed by atoms with Crippen LogP contribution < -0.4 is 10.5 Å². The van der Waals surface area contributed by atoms with Crippen LogP contribution in [0.15, 0.2) is 29.4 Å². The van der Waals surface area contributed by atoms with Crippen LogP contribution in [0.4, 0.5) is 18.9 Å². The van der Waals surface area contributed by atoms with Gasteiger partial charge in [0.2, 0.25) is 10.0 Å². The fourth-order valence-electron chi connectivity index (χ4n) is 1.86. The summed E-state index contributed by atoms with van der Waals surface area (Å²) < 4.78 is 62.5. The van der Waals surface area contributed by atoms with Crippen LogP contribution >= 0.6 is 0 Å². The number of carbonyl (C=O) groups is 1. The van der Waals surface area contributed by atoms with Crippen molar-refractivity contribution in [3.8, 4) is 0 Å². The molecule has 7 nitrogen and oxygen atoms in total. The van der Waals surface area contributed by atoms with Gasteiger partial charge in [-0.15, -0.1) is 0 Å². The molecule has 0 aromatic carbocycles. The summed E-state index contributed by atoms with van der Waals surface area (Å²) in [5.41, 5.74) is -1.22. The van der Waals surface area contributed by atoms with Gasteiger partial charge in [0.05, 0.1) is 0 Å². The molecule has 11 heteroatoms. The molecule has 0 aliphatic rings. The second kappa shape index (κ2) is 6.01. The van der Waals surface area contributed by atoms with Crippen molar-refractivity contribution in [2.45, 2.75) is 11.3 Å². The number of carbonyl (C=O) groups excluding carboxylic acids is 1. The van der Waals surface area contributed by atoms with E-state index in [2.05, 4.69) is 10.3 Å². The van der Waals surface area contributed by atoms with E-state index in [9.17, 15) is 26.4 Å². The Balaban J connectivity index is 2.36. The molecule has 124 valence electrons. The molecular formula is C12H11F3N4O3S. The number of sulfonamides is 1. The van der Waals surface area contributed by atoms with Gasteiger partial charge in [0, 0.05) is 25.1 Å². The van der Waals surface area contributed by atoms with Gasteiger partial charge in [0.25, 0.3) is 12.3 Å². The highest BCUT2D eigenvalue weighted by Gasteiger charge is 2.26. The minimum atomic E-state index is -4.34. The van der Waals surface area contributed by atoms with Gasteiger partial charge in [0.1, 0.15) is 16.3 Å². The van der Waals surface area contributed by atoms with Crippen LogP contribution in [0.2, 0.25) is 0 Å². The fourth-order valence-corrected chi connectivity index (χ4v) is 2.51. The number of alkyl halides is 2. The molecule has 2 aromatic heterocycles. The number of pyridine rings is 1. The quantitative estimate of drug-likeness (QED) is 0.871. The Bertz CT molecular complexity index is 864. The predicted molar refractivity (Wildman–Crippen MR) is 73.9 cm³/mol. The topological polar surface area (TPSA) is 107 Å². The average molecular weight is 348 g/mol. The smallest absolute Gasteiger partial charge is 0.280 e. The Labute approximate surface area is 129 Å². The highest BCUT2D eigenvalue weighted by Crippen LogP contribution is 2.22. The molecule has 23 heavy (non-hydrogen) atoms. The summed E-state index contributed by atoms with van der Waals surface area (Å²) in [6, 6.07) is 2.15. The van der Waals surface area contributed by atoms with E-state index in [-0.39, 0.29) is 5.69 Å². The summed E-state index contributed by atoms with van der Waals surface area (Å²) in [5, 5.41) is 7.03. The maximum Gasteiger partial charge on any atom is 0.280 e. The van der Waals surface area contributed by atoms with Gasteiger partial charge in [0.15, 0.2) is 5.82 Å². The van der Waals surface area contributed by atoms with Crippen molar-refractivity contribution in [3.05, 3.63) is 41.7 Å². The molecule has 0 aliphatic heterocycles. The maximum absolute atomic E-state index is 14.1. The predicted octanol–water partition coefficient (Wildman–Crippen LogP) is 1.40. The van der Waals surface area contributed by atoms with Gasteiger partial charge in [-0.3, -0.25) is 9.78 Å². The molecule has 0 aliphatic carbocycles. The number of hydrogen-bond donors (Lipinski definition) is 2. The van der Waals surface area contributed by atoms with Gasteiger partial charge in [-0.05, 0) is 12.1 Å². The number of nitrogens with two attached hydrogens (primary N) is 1. The van der Waals surface area contributed by atoms with E-state index in [1.54, 1.807) is 0 Å². The summed E-state index contributed by atoms with van der Waals surface area (Å²) in [6.07, 6.45) is -0.946. The minimum Gasteiger partial charge on any atom is -0.343 e. The summed E-state index contributed by atoms with van der Waals surface area (Å²) in [7, 11) is -3.10. The maximum atomic E-state index is 14.1. The normalized spacial score (nSPS) is 11.7. The molecule has 0 radical (unpaired) electrons. The Morgan fingerprint density at radius 1 is 1.43 bits per heavy atom. The van der Waals surface area contributed by atoms with E-state index < -0.39 is 44.5 Å². The van der Waals surface area contributed by atoms with E-state index in [1.807, 2.05) is 0 Å². The molecule has 2 aromatic rings. The Morgan fingerprint density at radius 3 is 2.61 bits per heavy atom. The third kappa shape index (κ3) is 3.51. The van der Waals surface area contributed by atoms with E-state index in [1.165, 1.54) is 13.1 Å². The highest BCUT2D eigenvalue weighted by molar-refractivity contribution is 7.89. The lowest BCUT2D eigenvalue weighted by Crippen LogP contribution is -2.18. The van der Waals surface area contributed by atoms with Gasteiger partial charge in [-0.25, -0.2) is 26.7 Å². The van der Waals surface area contributed by atoms with Crippen LogP contribution in [0.25, 0.3) is 0 Å². The van der Waals surface area contributed by atoms with Crippen molar-refractivity contribution in [3.63, 3.8) is 0 Å². The van der Waals surface area contributed by atoms with Crippen LogP contribution in [-0.4, -0.2) is 23.9 Å². The number of anilines is 1. The number of nitrogens with zero attached hydrogens (tertiary/aromatic N) is 2. The number of primary sulfonamides is 1. The highest BCUT2D eigenvalue weighted by atomic mass is 32.2. The summed E-state index contributed by atoms with van der Waals surface area (Å²) in [6.45, 7) is 0. The Kier molecular flexibility index (Phi) is 4.43. The van der Waals surface area contributed by atoms with Gasteiger partial charge >= 0.3 is 0 Å². The Hall–Kier alpha value is -2.40. The second-order valence-electron chi connectivity index (χ2n) is 4.54. The second-order valence-corrected chi connectivity index (χ2v) is 6.07. The Morgan fingerprint density at radius 2 is 2.09 bits per heavy atom. The van der Waals surface area contributed by atoms with Crippen LogP contribution in [0.1, 0.15) is 22.6 Å². The molecule has 0 saturated heterocycles. The molecule has 0 atom stereocenters. The summed E-state index contributed by atoms with van der Waals surface area (Å²) in [5.74, 6) is -2.35. The number of aromatic nitrogens is 2. The lowest BCUT2D eigenvalue weighted by Gasteiger charge is -2.07. The van der Waals surface area contributed by atoms with Crippen molar-refractivity contribution in [2.24, 2.45) is 12.2 Å². The summed E-state index contributed by atoms with van der Waals surface area (Å²) in [4.78, 5) is 14.6. The van der Waals surface area contributed by atoms with Gasteiger partial charge < -0.3 is 9.88 Å². The van der Waals surface area contributed by atoms with Gasteiger partial charge in [-0.1, -0.05) is 0 Å². The first-order chi connectivity index (χ1) is 10.6. The van der Waals surface area contributed by atoms with Gasteiger partial charge in [-0.2, -0.15) is 0 Å². The average Bonchev–Trinajstić information content (AvgIpc) is 2.74. The van der Waals surface area contributed by atoms with E-state index >= 15 is 0 Å². The van der Waals surface area contributed by atoms with E-state index in [0.717, 1.165) is 23.0 Å². The number of hydrogen-bond acceptors (Lipinski definition) is 4. The lowest BCUT2D eigenvalue weighted by atomic mass is 10.3. The van der Waals surface area contributed by atoms with Crippen LogP contribution in [0.5, 0.6) is 0 Å². The van der Waals surface area contributed by atoms with E-state index in [4.69, 9.17) is 5.14 Å². The SMILES string of the molecule is Cn1cc(S(N)(=O)=O)c(F)c1C(=O)Nc1ccnc(C(F)F)c1. The third-order valence-corrected chi connectivity index (χ3v) is 3.77. The van der Waals surface area contributed by atoms with Crippen molar-refractivity contribution in [1.29, 1.82) is 0 Å². The lowest BCUT2D eigenvalue weighted by molar-refractivity contribution is 0.101. The molecule has 0 fully saturated rings. The van der Waals surface area contributed by atoms with Crippen molar-refractivity contribution in [2.75, 3.05) is 5.32 Å². The first-order valence-electron chi connectivity index (χ1n) is 6.04. The number of nitrogens with one attached hydrogen (secondary N) is 1. The molecule has 2 rings (SSSR count). The fraction of sp³-hybridized carbons (Fsp3) is 0.167. The van der Waals surface area contributed by atoms with Crippen molar-refractivity contribution >= 4 is 21.6 Å². The zero-order valence-electron chi connectivity index (χ0n) is 11.6.